The van der Waals surface area contributed by atoms with Gasteiger partial charge in [-0.1, -0.05) is 6.07 Å². The maximum Gasteiger partial charge on any atom is 0.408 e. The Morgan fingerprint density at radius 1 is 1.43 bits per heavy atom. The zero-order valence-corrected chi connectivity index (χ0v) is 12.6. The van der Waals surface area contributed by atoms with Crippen LogP contribution in [0.1, 0.15) is 38.8 Å². The first kappa shape index (κ1) is 16.9. The molecule has 0 saturated carbocycles. The van der Waals surface area contributed by atoms with E-state index in [0.29, 0.717) is 11.8 Å². The van der Waals surface area contributed by atoms with Crippen LogP contribution in [0.5, 0.6) is 5.75 Å². The van der Waals surface area contributed by atoms with Crippen LogP contribution in [0.15, 0.2) is 18.2 Å². The highest BCUT2D eigenvalue weighted by Gasteiger charge is 2.21. The fourth-order valence-corrected chi connectivity index (χ4v) is 1.72. The van der Waals surface area contributed by atoms with Gasteiger partial charge in [0, 0.05) is 6.42 Å². The highest BCUT2D eigenvalue weighted by molar-refractivity contribution is 5.69. The predicted molar refractivity (Wildman–Crippen MR) is 75.7 cm³/mol. The van der Waals surface area contributed by atoms with Crippen molar-refractivity contribution in [3.8, 4) is 5.75 Å². The van der Waals surface area contributed by atoms with E-state index in [1.165, 1.54) is 19.2 Å². The predicted octanol–water partition coefficient (Wildman–Crippen LogP) is 2.99. The number of carbonyl (C=O) groups is 2. The van der Waals surface area contributed by atoms with E-state index in [9.17, 15) is 14.0 Å². The van der Waals surface area contributed by atoms with Crippen LogP contribution >= 0.6 is 0 Å². The van der Waals surface area contributed by atoms with Gasteiger partial charge >= 0.3 is 6.09 Å². The summed E-state index contributed by atoms with van der Waals surface area (Å²) in [6.45, 7) is 5.19. The van der Waals surface area contributed by atoms with E-state index in [1.807, 2.05) is 0 Å². The van der Waals surface area contributed by atoms with E-state index in [1.54, 1.807) is 26.8 Å². The summed E-state index contributed by atoms with van der Waals surface area (Å²) in [6, 6.07) is 3.61. The van der Waals surface area contributed by atoms with Crippen molar-refractivity contribution in [3.05, 3.63) is 29.6 Å². The van der Waals surface area contributed by atoms with Crippen molar-refractivity contribution in [2.24, 2.45) is 0 Å². The van der Waals surface area contributed by atoms with Crippen molar-refractivity contribution in [2.75, 3.05) is 7.11 Å². The monoisotopic (exact) mass is 297 g/mol. The molecule has 1 aromatic carbocycles. The largest absolute Gasteiger partial charge is 0.494 e. The van der Waals surface area contributed by atoms with Gasteiger partial charge in [-0.2, -0.15) is 0 Å². The molecular weight excluding hydrogens is 277 g/mol. The van der Waals surface area contributed by atoms with Crippen molar-refractivity contribution < 1.29 is 23.5 Å². The van der Waals surface area contributed by atoms with E-state index in [4.69, 9.17) is 9.47 Å². The number of nitrogens with one attached hydrogen (secondary N) is 1. The van der Waals surface area contributed by atoms with E-state index in [-0.39, 0.29) is 12.2 Å². The van der Waals surface area contributed by atoms with Crippen LogP contribution in [0, 0.1) is 5.82 Å². The zero-order chi connectivity index (χ0) is 16.0. The number of ether oxygens (including phenoxy) is 2. The van der Waals surface area contributed by atoms with Crippen molar-refractivity contribution in [1.82, 2.24) is 5.32 Å². The van der Waals surface area contributed by atoms with Crippen LogP contribution in [0.25, 0.3) is 0 Å². The number of amides is 1. The van der Waals surface area contributed by atoms with E-state index < -0.39 is 23.6 Å². The first-order valence-electron chi connectivity index (χ1n) is 6.53. The molecule has 116 valence electrons. The first-order valence-corrected chi connectivity index (χ1v) is 6.53. The molecule has 21 heavy (non-hydrogen) atoms. The maximum absolute atomic E-state index is 13.7. The van der Waals surface area contributed by atoms with Crippen molar-refractivity contribution in [1.29, 1.82) is 0 Å². The summed E-state index contributed by atoms with van der Waals surface area (Å²) in [6.07, 6.45) is 0.0143. The molecule has 0 spiro atoms. The standard InChI is InChI=1S/C15H20FNO4/c1-15(2,3)21-14(19)17-12(7-8-18)10-5-6-13(20-4)11(16)9-10/h5-6,8-9,12H,7H2,1-4H3,(H,17,19)/t12-/m1/s1. The molecule has 5 nitrogen and oxygen atoms in total. The van der Waals surface area contributed by atoms with Gasteiger partial charge in [0.2, 0.25) is 0 Å². The van der Waals surface area contributed by atoms with E-state index in [0.717, 1.165) is 0 Å². The Balaban J connectivity index is 2.89. The topological polar surface area (TPSA) is 64.6 Å². The fourth-order valence-electron chi connectivity index (χ4n) is 1.72. The Hall–Kier alpha value is -2.11. The van der Waals surface area contributed by atoms with Gasteiger partial charge in [-0.25, -0.2) is 9.18 Å². The Morgan fingerprint density at radius 2 is 2.10 bits per heavy atom. The molecule has 1 N–H and O–H groups in total. The second-order valence-corrected chi connectivity index (χ2v) is 5.50. The van der Waals surface area contributed by atoms with Crippen LogP contribution in [0.2, 0.25) is 0 Å². The van der Waals surface area contributed by atoms with Gasteiger partial charge in [0.05, 0.1) is 13.2 Å². The van der Waals surface area contributed by atoms with Gasteiger partial charge in [-0.05, 0) is 38.5 Å². The van der Waals surface area contributed by atoms with E-state index >= 15 is 0 Å². The molecule has 0 aliphatic rings. The third-order valence-electron chi connectivity index (χ3n) is 2.60. The normalized spacial score (nSPS) is 12.4. The number of methoxy groups -OCH3 is 1. The second-order valence-electron chi connectivity index (χ2n) is 5.50. The summed E-state index contributed by atoms with van der Waals surface area (Å²) >= 11 is 0. The Morgan fingerprint density at radius 3 is 2.57 bits per heavy atom. The third kappa shape index (κ3) is 5.41. The van der Waals surface area contributed by atoms with Crippen molar-refractivity contribution in [2.45, 2.75) is 38.8 Å². The molecule has 6 heteroatoms. The number of alkyl carbamates (subject to hydrolysis) is 1. The van der Waals surface area contributed by atoms with Gasteiger partial charge < -0.3 is 19.6 Å². The summed E-state index contributed by atoms with van der Waals surface area (Å²) in [5.74, 6) is -0.460. The number of hydrogen-bond acceptors (Lipinski definition) is 4. The lowest BCUT2D eigenvalue weighted by molar-refractivity contribution is -0.108. The molecule has 0 radical (unpaired) electrons. The highest BCUT2D eigenvalue weighted by Crippen LogP contribution is 2.23. The molecule has 1 rings (SSSR count). The second kappa shape index (κ2) is 7.06. The summed E-state index contributed by atoms with van der Waals surface area (Å²) < 4.78 is 23.7. The number of benzene rings is 1. The summed E-state index contributed by atoms with van der Waals surface area (Å²) in [7, 11) is 1.36. The molecule has 0 aliphatic heterocycles. The minimum absolute atomic E-state index is 0.0189. The lowest BCUT2D eigenvalue weighted by atomic mass is 10.0. The maximum atomic E-state index is 13.7. The molecule has 1 amide bonds. The number of hydrogen-bond donors (Lipinski definition) is 1. The average Bonchev–Trinajstić information content (AvgIpc) is 2.36. The summed E-state index contributed by atoms with van der Waals surface area (Å²) in [5.41, 5.74) is -0.188. The molecule has 0 unspecified atom stereocenters. The summed E-state index contributed by atoms with van der Waals surface area (Å²) in [5, 5.41) is 2.56. The van der Waals surface area contributed by atoms with Gasteiger partial charge in [0.25, 0.3) is 0 Å². The smallest absolute Gasteiger partial charge is 0.408 e. The molecule has 0 heterocycles. The lowest BCUT2D eigenvalue weighted by Gasteiger charge is -2.23. The van der Waals surface area contributed by atoms with Gasteiger partial charge in [-0.3, -0.25) is 0 Å². The number of halogens is 1. The third-order valence-corrected chi connectivity index (χ3v) is 2.60. The highest BCUT2D eigenvalue weighted by atomic mass is 19.1. The van der Waals surface area contributed by atoms with Crippen LogP contribution in [-0.2, 0) is 9.53 Å². The molecule has 0 aromatic heterocycles. The molecule has 0 saturated heterocycles. The quantitative estimate of drug-likeness (QED) is 0.849. The Kier molecular flexibility index (Phi) is 5.69. The molecule has 0 fully saturated rings. The molecular formula is C15H20FNO4. The molecule has 0 aliphatic carbocycles. The van der Waals surface area contributed by atoms with Crippen molar-refractivity contribution >= 4 is 12.4 Å². The SMILES string of the molecule is COc1ccc([C@@H](CC=O)NC(=O)OC(C)(C)C)cc1F. The minimum Gasteiger partial charge on any atom is -0.494 e. The molecule has 1 atom stereocenters. The Labute approximate surface area is 123 Å². The van der Waals surface area contributed by atoms with Gasteiger partial charge in [0.1, 0.15) is 11.9 Å². The van der Waals surface area contributed by atoms with Crippen LogP contribution in [0.3, 0.4) is 0 Å². The van der Waals surface area contributed by atoms with Crippen LogP contribution in [0.4, 0.5) is 9.18 Å². The molecule has 1 aromatic rings. The number of carbonyl (C=O) groups excluding carboxylic acids is 2. The number of rotatable bonds is 5. The number of aldehydes is 1. The minimum atomic E-state index is -0.662. The first-order chi connectivity index (χ1) is 9.76. The average molecular weight is 297 g/mol. The fraction of sp³-hybridized carbons (Fsp3) is 0.467. The van der Waals surface area contributed by atoms with E-state index in [2.05, 4.69) is 5.32 Å². The van der Waals surface area contributed by atoms with Gasteiger partial charge in [0.15, 0.2) is 11.6 Å². The lowest BCUT2D eigenvalue weighted by Crippen LogP contribution is -2.35. The Bertz CT molecular complexity index is 511. The van der Waals surface area contributed by atoms with Gasteiger partial charge in [-0.15, -0.1) is 0 Å². The molecule has 0 bridgehead atoms. The zero-order valence-electron chi connectivity index (χ0n) is 12.6. The van der Waals surface area contributed by atoms with Crippen LogP contribution < -0.4 is 10.1 Å². The summed E-state index contributed by atoms with van der Waals surface area (Å²) in [4.78, 5) is 22.5. The van der Waals surface area contributed by atoms with Crippen molar-refractivity contribution in [3.63, 3.8) is 0 Å². The van der Waals surface area contributed by atoms with Crippen LogP contribution in [-0.4, -0.2) is 25.1 Å².